The van der Waals surface area contributed by atoms with Crippen molar-refractivity contribution in [3.05, 3.63) is 29.3 Å². The second-order valence-electron chi connectivity index (χ2n) is 4.82. The highest BCUT2D eigenvalue weighted by molar-refractivity contribution is 5.51. The van der Waals surface area contributed by atoms with Crippen molar-refractivity contribution in [2.75, 3.05) is 7.11 Å². The Hall–Kier alpha value is -1.60. The zero-order valence-electron chi connectivity index (χ0n) is 10.5. The van der Waals surface area contributed by atoms with Crippen molar-refractivity contribution in [3.63, 3.8) is 0 Å². The Kier molecular flexibility index (Phi) is 3.03. The molecule has 0 unspecified atom stereocenters. The van der Waals surface area contributed by atoms with E-state index in [2.05, 4.69) is 24.9 Å². The number of ether oxygens (including phenoxy) is 1. The zero-order chi connectivity index (χ0) is 12.5. The number of methoxy groups -OCH3 is 1. The molecule has 1 aromatic carbocycles. The van der Waals surface area contributed by atoms with Gasteiger partial charge in [0.15, 0.2) is 0 Å². The van der Waals surface area contributed by atoms with Crippen LogP contribution in [-0.4, -0.2) is 13.2 Å². The lowest BCUT2D eigenvalue weighted by Gasteiger charge is -2.18. The summed E-state index contributed by atoms with van der Waals surface area (Å²) in [5, 5.41) is 0. The fourth-order valence-electron chi connectivity index (χ4n) is 2.25. The Labute approximate surface area is 102 Å². The first-order chi connectivity index (χ1) is 8.14. The van der Waals surface area contributed by atoms with Gasteiger partial charge >= 0.3 is 0 Å². The number of hydrogen-bond acceptors (Lipinski definition) is 3. The third kappa shape index (κ3) is 1.98. The number of carbonyl (C=O) groups excluding carboxylic acids is 1. The minimum Gasteiger partial charge on any atom is -0.496 e. The number of para-hydroxylation sites is 1. The van der Waals surface area contributed by atoms with Gasteiger partial charge < -0.3 is 4.74 Å². The Balaban J connectivity index is 2.55. The van der Waals surface area contributed by atoms with Crippen LogP contribution in [0.25, 0.3) is 0 Å². The van der Waals surface area contributed by atoms with Crippen molar-refractivity contribution >= 4 is 6.08 Å². The van der Waals surface area contributed by atoms with Crippen molar-refractivity contribution < 1.29 is 9.53 Å². The number of isocyanates is 1. The summed E-state index contributed by atoms with van der Waals surface area (Å²) in [5.74, 6) is 1.26. The first kappa shape index (κ1) is 11.9. The molecule has 2 rings (SSSR count). The van der Waals surface area contributed by atoms with Crippen LogP contribution in [0.1, 0.15) is 43.7 Å². The summed E-state index contributed by atoms with van der Waals surface area (Å²) < 4.78 is 5.52. The zero-order valence-corrected chi connectivity index (χ0v) is 10.5. The molecule has 17 heavy (non-hydrogen) atoms. The fourth-order valence-corrected chi connectivity index (χ4v) is 2.25. The number of hydrogen-bond donors (Lipinski definition) is 0. The largest absolute Gasteiger partial charge is 0.496 e. The molecule has 0 aromatic heterocycles. The van der Waals surface area contributed by atoms with E-state index in [1.54, 1.807) is 13.2 Å². The Bertz CT molecular complexity index is 469. The molecule has 1 fully saturated rings. The van der Waals surface area contributed by atoms with Crippen molar-refractivity contribution in [1.82, 2.24) is 0 Å². The molecule has 0 N–H and O–H groups in total. The van der Waals surface area contributed by atoms with Crippen LogP contribution in [0.5, 0.6) is 5.75 Å². The van der Waals surface area contributed by atoms with Crippen molar-refractivity contribution in [3.8, 4) is 5.75 Å². The Morgan fingerprint density at radius 2 is 2.12 bits per heavy atom. The van der Waals surface area contributed by atoms with Gasteiger partial charge in [0, 0.05) is 5.56 Å². The molecular weight excluding hydrogens is 214 g/mol. The number of rotatable bonds is 4. The maximum absolute atomic E-state index is 10.5. The maximum atomic E-state index is 10.5. The molecule has 0 bridgehead atoms. The summed E-state index contributed by atoms with van der Waals surface area (Å²) in [6.45, 7) is 4.26. The van der Waals surface area contributed by atoms with Gasteiger partial charge in [-0.15, -0.1) is 0 Å². The minimum absolute atomic E-state index is 0.363. The molecule has 0 amide bonds. The SMILES string of the molecule is COc1c(C(C)C)cccc1C1(N=C=O)CC1. The van der Waals surface area contributed by atoms with E-state index in [0.29, 0.717) is 5.92 Å². The molecular formula is C14H17NO2. The van der Waals surface area contributed by atoms with Gasteiger partial charge in [0.1, 0.15) is 11.3 Å². The van der Waals surface area contributed by atoms with Gasteiger partial charge in [0.25, 0.3) is 0 Å². The highest BCUT2D eigenvalue weighted by Gasteiger charge is 2.47. The Morgan fingerprint density at radius 3 is 2.59 bits per heavy atom. The van der Waals surface area contributed by atoms with Crippen molar-refractivity contribution in [2.45, 2.75) is 38.1 Å². The van der Waals surface area contributed by atoms with Gasteiger partial charge in [-0.25, -0.2) is 4.79 Å². The van der Waals surface area contributed by atoms with Crippen LogP contribution in [0, 0.1) is 0 Å². The van der Waals surface area contributed by atoms with Gasteiger partial charge in [-0.1, -0.05) is 32.0 Å². The molecule has 0 saturated heterocycles. The predicted octanol–water partition coefficient (Wildman–Crippen LogP) is 3.14. The average Bonchev–Trinajstić information content (AvgIpc) is 3.09. The molecule has 0 heterocycles. The van der Waals surface area contributed by atoms with Crippen LogP contribution in [-0.2, 0) is 10.3 Å². The van der Waals surface area contributed by atoms with Gasteiger partial charge in [0.2, 0.25) is 6.08 Å². The van der Waals surface area contributed by atoms with Crippen LogP contribution in [0.2, 0.25) is 0 Å². The highest BCUT2D eigenvalue weighted by atomic mass is 16.5. The molecule has 0 spiro atoms. The molecule has 0 atom stereocenters. The summed E-state index contributed by atoms with van der Waals surface area (Å²) in [7, 11) is 1.67. The van der Waals surface area contributed by atoms with Crippen LogP contribution >= 0.6 is 0 Å². The second-order valence-corrected chi connectivity index (χ2v) is 4.82. The topological polar surface area (TPSA) is 38.7 Å². The second kappa shape index (κ2) is 4.34. The molecule has 1 aliphatic carbocycles. The van der Waals surface area contributed by atoms with E-state index in [-0.39, 0.29) is 5.54 Å². The number of benzene rings is 1. The average molecular weight is 231 g/mol. The fraction of sp³-hybridized carbons (Fsp3) is 0.500. The van der Waals surface area contributed by atoms with Gasteiger partial charge in [-0.2, -0.15) is 4.99 Å². The quantitative estimate of drug-likeness (QED) is 0.589. The molecule has 1 aromatic rings. The maximum Gasteiger partial charge on any atom is 0.235 e. The predicted molar refractivity (Wildman–Crippen MR) is 66.1 cm³/mol. The first-order valence-electron chi connectivity index (χ1n) is 5.91. The molecule has 1 saturated carbocycles. The van der Waals surface area contributed by atoms with E-state index < -0.39 is 0 Å². The third-order valence-electron chi connectivity index (χ3n) is 3.36. The lowest BCUT2D eigenvalue weighted by Crippen LogP contribution is -2.07. The van der Waals surface area contributed by atoms with Crippen LogP contribution in [0.15, 0.2) is 23.2 Å². The highest BCUT2D eigenvalue weighted by Crippen LogP contribution is 2.53. The third-order valence-corrected chi connectivity index (χ3v) is 3.36. The van der Waals surface area contributed by atoms with E-state index in [0.717, 1.165) is 29.7 Å². The van der Waals surface area contributed by atoms with E-state index in [9.17, 15) is 4.79 Å². The van der Waals surface area contributed by atoms with Crippen LogP contribution in [0.4, 0.5) is 0 Å². The summed E-state index contributed by atoms with van der Waals surface area (Å²) in [4.78, 5) is 14.5. The summed E-state index contributed by atoms with van der Waals surface area (Å²) >= 11 is 0. The summed E-state index contributed by atoms with van der Waals surface area (Å²) in [6, 6.07) is 6.07. The summed E-state index contributed by atoms with van der Waals surface area (Å²) in [6.07, 6.45) is 3.49. The van der Waals surface area contributed by atoms with Gasteiger partial charge in [-0.3, -0.25) is 0 Å². The lowest BCUT2D eigenvalue weighted by molar-refractivity contribution is 0.397. The van der Waals surface area contributed by atoms with Crippen LogP contribution < -0.4 is 4.74 Å². The van der Waals surface area contributed by atoms with Crippen molar-refractivity contribution in [1.29, 1.82) is 0 Å². The minimum atomic E-state index is -0.363. The van der Waals surface area contributed by atoms with E-state index in [1.165, 1.54) is 0 Å². The molecule has 3 heteroatoms. The standard InChI is InChI=1S/C14H17NO2/c1-10(2)11-5-4-6-12(13(11)17-3)14(7-8-14)15-9-16/h4-6,10H,7-8H2,1-3H3. The Morgan fingerprint density at radius 1 is 1.41 bits per heavy atom. The molecule has 3 nitrogen and oxygen atoms in total. The molecule has 90 valence electrons. The molecule has 1 aliphatic rings. The van der Waals surface area contributed by atoms with Crippen LogP contribution in [0.3, 0.4) is 0 Å². The number of aliphatic imine (C=N–C) groups is 1. The smallest absolute Gasteiger partial charge is 0.235 e. The van der Waals surface area contributed by atoms with Gasteiger partial charge in [-0.05, 0) is 24.3 Å². The van der Waals surface area contributed by atoms with E-state index in [4.69, 9.17) is 4.74 Å². The van der Waals surface area contributed by atoms with E-state index >= 15 is 0 Å². The number of nitrogens with zero attached hydrogens (tertiary/aromatic N) is 1. The van der Waals surface area contributed by atoms with Gasteiger partial charge in [0.05, 0.1) is 7.11 Å². The molecule has 0 aliphatic heterocycles. The lowest BCUT2D eigenvalue weighted by atomic mass is 9.95. The summed E-state index contributed by atoms with van der Waals surface area (Å²) in [5.41, 5.74) is 1.82. The normalized spacial score (nSPS) is 16.5. The monoisotopic (exact) mass is 231 g/mol. The molecule has 0 radical (unpaired) electrons. The van der Waals surface area contributed by atoms with E-state index in [1.807, 2.05) is 12.1 Å². The van der Waals surface area contributed by atoms with Crippen molar-refractivity contribution in [2.24, 2.45) is 4.99 Å². The first-order valence-corrected chi connectivity index (χ1v) is 5.91.